The highest BCUT2D eigenvalue weighted by Crippen LogP contribution is 2.44. The Morgan fingerprint density at radius 1 is 0.246 bits per heavy atom. The molecule has 0 fully saturated rings. The monoisotopic (exact) mass is 893 g/mol. The molecule has 0 amide bonds. The summed E-state index contributed by atoms with van der Waals surface area (Å²) in [5, 5.41) is 8.25. The van der Waals surface area contributed by atoms with Crippen LogP contribution in [0, 0.1) is 0 Å². The molecule has 0 atom stereocenters. The van der Waals surface area contributed by atoms with Crippen molar-refractivity contribution in [2.75, 3.05) is 0 Å². The van der Waals surface area contributed by atoms with E-state index in [0.717, 1.165) is 37.9 Å². The van der Waals surface area contributed by atoms with Gasteiger partial charge >= 0.3 is 0 Å². The minimum atomic E-state index is -3.20. The van der Waals surface area contributed by atoms with Crippen LogP contribution >= 0.6 is 22.2 Å². The van der Waals surface area contributed by atoms with E-state index in [1.54, 1.807) is 0 Å². The second-order valence-corrected chi connectivity index (χ2v) is 23.3. The van der Waals surface area contributed by atoms with E-state index in [9.17, 15) is 0 Å². The molecule has 5 nitrogen and oxygen atoms in total. The van der Waals surface area contributed by atoms with Crippen molar-refractivity contribution in [2.45, 2.75) is 0 Å². The van der Waals surface area contributed by atoms with E-state index in [1.807, 2.05) is 170 Å². The number of hydrogen-bond donors (Lipinski definition) is 0. The quantitative estimate of drug-likeness (QED) is 0.114. The number of benzene rings is 9. The van der Waals surface area contributed by atoms with Crippen LogP contribution in [0.2, 0.25) is 0 Å². The first-order valence-electron chi connectivity index (χ1n) is 21.4. The van der Waals surface area contributed by atoms with Gasteiger partial charge in [-0.1, -0.05) is 255 Å². The van der Waals surface area contributed by atoms with Gasteiger partial charge < -0.3 is 9.13 Å². The van der Waals surface area contributed by atoms with Gasteiger partial charge in [0.15, 0.2) is 31.8 Å². The molecule has 1 aromatic heterocycles. The van der Waals surface area contributed by atoms with Crippen LogP contribution in [-0.2, 0) is 9.13 Å². The van der Waals surface area contributed by atoms with Gasteiger partial charge in [-0.3, -0.25) is 0 Å². The molecule has 0 aliphatic rings. The fraction of sp³-hybridized carbons (Fsp3) is 0. The molecule has 0 radical (unpaired) electrons. The zero-order chi connectivity index (χ0) is 44.1. The average molecular weight is 894 g/mol. The van der Waals surface area contributed by atoms with Crippen LogP contribution in [-0.4, -0.2) is 15.0 Å². The topological polar surface area (TPSA) is 72.8 Å². The maximum absolute atomic E-state index is 15.2. The molecular weight excluding hydrogens is 852 g/mol. The smallest absolute Gasteiger partial charge is 0.171 e. The Kier molecular flexibility index (Phi) is 11.9. The van der Waals surface area contributed by atoms with Gasteiger partial charge in [0.1, 0.15) is 0 Å². The molecule has 8 heteroatoms. The Hall–Kier alpha value is -7.12. The maximum atomic E-state index is 15.2. The van der Waals surface area contributed by atoms with Gasteiger partial charge in [0, 0.05) is 48.5 Å². The largest absolute Gasteiger partial charge is 0.309 e. The van der Waals surface area contributed by atoms with Gasteiger partial charge in [0.05, 0.1) is 0 Å². The Balaban J connectivity index is 1.07. The number of aromatic nitrogens is 3. The number of nitrogens with zero attached hydrogens (tertiary/aromatic N) is 3. The molecule has 9 aromatic carbocycles. The number of rotatable bonds is 12. The first-order chi connectivity index (χ1) is 32.0. The van der Waals surface area contributed by atoms with Crippen molar-refractivity contribution in [3.63, 3.8) is 0 Å². The maximum Gasteiger partial charge on any atom is 0.171 e. The second kappa shape index (κ2) is 18.5. The highest BCUT2D eigenvalue weighted by Gasteiger charge is 2.31. The fourth-order valence-electron chi connectivity index (χ4n) is 8.21. The van der Waals surface area contributed by atoms with Crippen molar-refractivity contribution in [2.24, 2.45) is 0 Å². The first-order valence-corrected chi connectivity index (χ1v) is 26.2. The molecule has 1 heterocycles. The molecule has 65 heavy (non-hydrogen) atoms. The summed E-state index contributed by atoms with van der Waals surface area (Å²) in [4.78, 5) is 15.3. The summed E-state index contributed by atoms with van der Waals surface area (Å²) in [6, 6.07) is 84.1. The van der Waals surface area contributed by atoms with Gasteiger partial charge in [0.25, 0.3) is 0 Å². The second-order valence-electron chi connectivity index (χ2n) is 15.5. The first kappa shape index (κ1) is 41.9. The van der Waals surface area contributed by atoms with E-state index in [4.69, 9.17) is 15.0 Å². The lowest BCUT2D eigenvalue weighted by Gasteiger charge is -2.20. The van der Waals surface area contributed by atoms with Crippen LogP contribution in [0.1, 0.15) is 0 Å². The zero-order valence-electron chi connectivity index (χ0n) is 35.2. The summed E-state index contributed by atoms with van der Waals surface area (Å²) in [5.74, 6) is 1.48. The molecule has 312 valence electrons. The molecule has 0 aliphatic heterocycles. The molecule has 10 aromatic rings. The van der Waals surface area contributed by atoms with Crippen molar-refractivity contribution >= 4 is 69.9 Å². The van der Waals surface area contributed by atoms with Crippen molar-refractivity contribution in [1.29, 1.82) is 0 Å². The summed E-state index contributed by atoms with van der Waals surface area (Å²) in [6.45, 7) is 0. The van der Waals surface area contributed by atoms with Crippen LogP contribution in [0.15, 0.2) is 255 Å². The highest BCUT2D eigenvalue weighted by atomic mass is 31.2. The van der Waals surface area contributed by atoms with Crippen molar-refractivity contribution in [3.05, 3.63) is 255 Å². The minimum absolute atomic E-state index is 0.481. The summed E-state index contributed by atoms with van der Waals surface area (Å²) in [7, 11) is -7.20. The molecule has 0 N–H and O–H groups in total. The molecule has 10 rings (SSSR count). The molecule has 0 unspecified atom stereocenters. The standard InChI is InChI=1S/C57H42N3O2P3/c61-64(49-23-11-3-12-24-49,50-25-13-4-14-26-50)53-39-33-44(34-40-53)56-58-55(43-31-37-48(38-32-43)63(46-19-7-1-8-20-46)47-21-9-2-10-22-47)59-57(60-56)45-35-41-54(42-36-45)65(62,51-27-15-5-16-28-51)52-29-17-6-18-30-52/h1-42H. The minimum Gasteiger partial charge on any atom is -0.309 e. The summed E-state index contributed by atoms with van der Waals surface area (Å²) in [5.41, 5.74) is 2.36. The van der Waals surface area contributed by atoms with Crippen molar-refractivity contribution < 1.29 is 9.13 Å². The zero-order valence-corrected chi connectivity index (χ0v) is 37.9. The fourth-order valence-corrected chi connectivity index (χ4v) is 15.8. The highest BCUT2D eigenvalue weighted by molar-refractivity contribution is 7.85. The molecule has 0 spiro atoms. The SMILES string of the molecule is O=P(c1ccccc1)(c1ccccc1)c1ccc(-c2nc(-c3ccc(P(c4ccccc4)c4ccccc4)cc3)nc(-c3ccc(P(=O)(c4ccccc4)c4ccccc4)cc3)n2)cc1. The van der Waals surface area contributed by atoms with Gasteiger partial charge in [-0.15, -0.1) is 0 Å². The lowest BCUT2D eigenvalue weighted by molar-refractivity contribution is 0.591. The Bertz CT molecular complexity index is 2990. The third-order valence-corrected chi connectivity index (χ3v) is 20.1. The Labute approximate surface area is 381 Å². The molecule has 0 saturated heterocycles. The lowest BCUT2D eigenvalue weighted by Crippen LogP contribution is -2.24. The van der Waals surface area contributed by atoms with E-state index >= 15 is 9.13 Å². The van der Waals surface area contributed by atoms with E-state index in [0.29, 0.717) is 28.1 Å². The van der Waals surface area contributed by atoms with Gasteiger partial charge in [0.2, 0.25) is 0 Å². The van der Waals surface area contributed by atoms with Gasteiger partial charge in [-0.25, -0.2) is 15.0 Å². The van der Waals surface area contributed by atoms with E-state index in [-0.39, 0.29) is 0 Å². The molecule has 0 saturated carbocycles. The van der Waals surface area contributed by atoms with Crippen LogP contribution in [0.5, 0.6) is 0 Å². The van der Waals surface area contributed by atoms with E-state index in [2.05, 4.69) is 84.9 Å². The van der Waals surface area contributed by atoms with Crippen LogP contribution < -0.4 is 47.7 Å². The third-order valence-electron chi connectivity index (χ3n) is 11.5. The summed E-state index contributed by atoms with van der Waals surface area (Å²) in [6.07, 6.45) is 0. The van der Waals surface area contributed by atoms with E-state index < -0.39 is 22.2 Å². The van der Waals surface area contributed by atoms with Crippen LogP contribution in [0.25, 0.3) is 34.2 Å². The predicted molar refractivity (Wildman–Crippen MR) is 274 cm³/mol. The summed E-state index contributed by atoms with van der Waals surface area (Å²) >= 11 is 0. The Morgan fingerprint density at radius 3 is 0.738 bits per heavy atom. The van der Waals surface area contributed by atoms with Crippen LogP contribution in [0.3, 0.4) is 0 Å². The average Bonchev–Trinajstić information content (AvgIpc) is 3.40. The van der Waals surface area contributed by atoms with Crippen molar-refractivity contribution in [1.82, 2.24) is 15.0 Å². The molecular formula is C57H42N3O2P3. The van der Waals surface area contributed by atoms with E-state index in [1.165, 1.54) is 15.9 Å². The van der Waals surface area contributed by atoms with Crippen molar-refractivity contribution in [3.8, 4) is 34.2 Å². The van der Waals surface area contributed by atoms with Gasteiger partial charge in [-0.2, -0.15) is 0 Å². The predicted octanol–water partition coefficient (Wildman–Crippen LogP) is 9.91. The van der Waals surface area contributed by atoms with Crippen LogP contribution in [0.4, 0.5) is 0 Å². The lowest BCUT2D eigenvalue weighted by atomic mass is 10.1. The Morgan fingerprint density at radius 2 is 0.462 bits per heavy atom. The molecule has 0 aliphatic carbocycles. The third kappa shape index (κ3) is 8.39. The summed E-state index contributed by atoms with van der Waals surface area (Å²) < 4.78 is 30.4. The van der Waals surface area contributed by atoms with Gasteiger partial charge in [-0.05, 0) is 23.8 Å². The number of hydrogen-bond acceptors (Lipinski definition) is 5. The molecule has 0 bridgehead atoms. The normalized spacial score (nSPS) is 11.6.